The highest BCUT2D eigenvalue weighted by molar-refractivity contribution is 6.33. The maximum Gasteiger partial charge on any atom is 0.337 e. The van der Waals surface area contributed by atoms with E-state index in [0.29, 0.717) is 18.3 Å². The maximum absolute atomic E-state index is 10.7. The van der Waals surface area contributed by atoms with Gasteiger partial charge in [-0.25, -0.2) is 9.78 Å². The molecule has 0 bridgehead atoms. The Hall–Kier alpha value is -1.33. The van der Waals surface area contributed by atoms with E-state index in [9.17, 15) is 9.90 Å². The van der Waals surface area contributed by atoms with Crippen molar-refractivity contribution in [3.8, 4) is 0 Å². The number of carboxylic acid groups (broad SMARTS) is 1. The zero-order valence-electron chi connectivity index (χ0n) is 9.06. The molecular formula is C11H13ClN2O3. The van der Waals surface area contributed by atoms with E-state index < -0.39 is 12.1 Å². The van der Waals surface area contributed by atoms with Gasteiger partial charge in [0, 0.05) is 12.7 Å². The molecule has 0 amide bonds. The minimum Gasteiger partial charge on any atom is -0.478 e. The van der Waals surface area contributed by atoms with Gasteiger partial charge in [-0.3, -0.25) is 0 Å². The number of pyridine rings is 1. The first-order valence-electron chi connectivity index (χ1n) is 5.38. The maximum atomic E-state index is 10.7. The van der Waals surface area contributed by atoms with Crippen LogP contribution in [0.5, 0.6) is 0 Å². The van der Waals surface area contributed by atoms with Crippen LogP contribution in [0.15, 0.2) is 12.3 Å². The van der Waals surface area contributed by atoms with E-state index in [4.69, 9.17) is 16.7 Å². The second kappa shape index (κ2) is 4.89. The minimum atomic E-state index is -1.07. The number of aromatic nitrogens is 1. The summed E-state index contributed by atoms with van der Waals surface area (Å²) in [5, 5.41) is 21.6. The molecule has 1 aromatic rings. The molecule has 1 aliphatic carbocycles. The third kappa shape index (κ3) is 3.08. The summed E-state index contributed by atoms with van der Waals surface area (Å²) in [6.45, 7) is 0.379. The Kier molecular flexibility index (Phi) is 3.49. The summed E-state index contributed by atoms with van der Waals surface area (Å²) >= 11 is 5.88. The van der Waals surface area contributed by atoms with Crippen LogP contribution >= 0.6 is 11.6 Å². The van der Waals surface area contributed by atoms with E-state index in [0.717, 1.165) is 12.8 Å². The molecule has 0 aromatic carbocycles. The smallest absolute Gasteiger partial charge is 0.337 e. The third-order valence-corrected chi connectivity index (χ3v) is 3.02. The lowest BCUT2D eigenvalue weighted by Crippen LogP contribution is -2.22. The molecule has 0 radical (unpaired) electrons. The number of carboxylic acids is 1. The predicted molar refractivity (Wildman–Crippen MR) is 63.4 cm³/mol. The van der Waals surface area contributed by atoms with Crippen molar-refractivity contribution < 1.29 is 15.0 Å². The van der Waals surface area contributed by atoms with Crippen molar-refractivity contribution in [2.45, 2.75) is 18.9 Å². The van der Waals surface area contributed by atoms with Crippen LogP contribution in [0.25, 0.3) is 0 Å². The number of hydrogen-bond donors (Lipinski definition) is 3. The lowest BCUT2D eigenvalue weighted by Gasteiger charge is -2.12. The molecule has 1 aliphatic rings. The molecule has 6 heteroatoms. The highest BCUT2D eigenvalue weighted by atomic mass is 35.5. The number of nitrogens with zero attached hydrogens (tertiary/aromatic N) is 1. The number of halogens is 1. The summed E-state index contributed by atoms with van der Waals surface area (Å²) in [5.74, 6) is -0.292. The SMILES string of the molecule is O=C(O)c1cnc(NCC(O)C2CC2)c(Cl)c1. The van der Waals surface area contributed by atoms with E-state index in [1.165, 1.54) is 12.3 Å². The molecule has 1 unspecified atom stereocenters. The zero-order chi connectivity index (χ0) is 12.4. The van der Waals surface area contributed by atoms with Gasteiger partial charge in [0.15, 0.2) is 0 Å². The molecule has 1 atom stereocenters. The van der Waals surface area contributed by atoms with Crippen molar-refractivity contribution in [3.63, 3.8) is 0 Å². The normalized spacial score (nSPS) is 16.6. The molecule has 0 aliphatic heterocycles. The number of nitrogens with one attached hydrogen (secondary N) is 1. The van der Waals surface area contributed by atoms with Crippen LogP contribution in [0.1, 0.15) is 23.2 Å². The van der Waals surface area contributed by atoms with E-state index in [2.05, 4.69) is 10.3 Å². The molecule has 5 nitrogen and oxygen atoms in total. The topological polar surface area (TPSA) is 82.5 Å². The molecule has 3 N–H and O–H groups in total. The highest BCUT2D eigenvalue weighted by Crippen LogP contribution is 2.32. The predicted octanol–water partition coefficient (Wildman–Crippen LogP) is 1.62. The second-order valence-corrected chi connectivity index (χ2v) is 4.55. The van der Waals surface area contributed by atoms with E-state index in [-0.39, 0.29) is 10.6 Å². The van der Waals surface area contributed by atoms with Crippen LogP contribution in [0.4, 0.5) is 5.82 Å². The molecular weight excluding hydrogens is 244 g/mol. The molecule has 92 valence electrons. The number of aromatic carboxylic acids is 1. The Morgan fingerprint density at radius 1 is 1.65 bits per heavy atom. The third-order valence-electron chi connectivity index (χ3n) is 2.73. The summed E-state index contributed by atoms with van der Waals surface area (Å²) in [6.07, 6.45) is 2.95. The monoisotopic (exact) mass is 256 g/mol. The molecule has 2 rings (SSSR count). The van der Waals surface area contributed by atoms with Gasteiger partial charge >= 0.3 is 5.97 Å². The highest BCUT2D eigenvalue weighted by Gasteiger charge is 2.29. The van der Waals surface area contributed by atoms with E-state index >= 15 is 0 Å². The van der Waals surface area contributed by atoms with Crippen molar-refractivity contribution in [2.24, 2.45) is 5.92 Å². The fraction of sp³-hybridized carbons (Fsp3) is 0.455. The van der Waals surface area contributed by atoms with Crippen molar-refractivity contribution in [2.75, 3.05) is 11.9 Å². The van der Waals surface area contributed by atoms with Gasteiger partial charge in [-0.15, -0.1) is 0 Å². The molecule has 1 saturated carbocycles. The fourth-order valence-electron chi connectivity index (χ4n) is 1.53. The first kappa shape index (κ1) is 12.1. The Morgan fingerprint density at radius 2 is 2.35 bits per heavy atom. The average molecular weight is 257 g/mol. The van der Waals surface area contributed by atoms with Gasteiger partial charge in [0.25, 0.3) is 0 Å². The van der Waals surface area contributed by atoms with Crippen LogP contribution in [0.2, 0.25) is 5.02 Å². The minimum absolute atomic E-state index is 0.0447. The number of rotatable bonds is 5. The zero-order valence-corrected chi connectivity index (χ0v) is 9.81. The quantitative estimate of drug-likeness (QED) is 0.746. The second-order valence-electron chi connectivity index (χ2n) is 4.15. The number of aliphatic hydroxyl groups is 1. The summed E-state index contributed by atoms with van der Waals surface area (Å²) < 4.78 is 0. The lowest BCUT2D eigenvalue weighted by molar-refractivity contribution is 0.0696. The molecule has 1 heterocycles. The molecule has 1 aromatic heterocycles. The first-order valence-corrected chi connectivity index (χ1v) is 5.76. The Bertz CT molecular complexity index is 435. The first-order chi connectivity index (χ1) is 8.08. The largest absolute Gasteiger partial charge is 0.478 e. The van der Waals surface area contributed by atoms with Gasteiger partial charge in [-0.2, -0.15) is 0 Å². The van der Waals surface area contributed by atoms with Gasteiger partial charge in [-0.1, -0.05) is 11.6 Å². The number of aliphatic hydroxyl groups excluding tert-OH is 1. The van der Waals surface area contributed by atoms with Crippen LogP contribution in [0.3, 0.4) is 0 Å². The van der Waals surface area contributed by atoms with Gasteiger partial charge < -0.3 is 15.5 Å². The van der Waals surface area contributed by atoms with Gasteiger partial charge in [0.2, 0.25) is 0 Å². The summed E-state index contributed by atoms with van der Waals surface area (Å²) in [4.78, 5) is 14.6. The summed E-state index contributed by atoms with van der Waals surface area (Å²) in [6, 6.07) is 1.34. The Morgan fingerprint density at radius 3 is 2.88 bits per heavy atom. The van der Waals surface area contributed by atoms with Gasteiger partial charge in [-0.05, 0) is 24.8 Å². The van der Waals surface area contributed by atoms with Crippen LogP contribution in [0, 0.1) is 5.92 Å². The van der Waals surface area contributed by atoms with E-state index in [1.807, 2.05) is 0 Å². The van der Waals surface area contributed by atoms with Crippen molar-refractivity contribution in [1.82, 2.24) is 4.98 Å². The molecule has 17 heavy (non-hydrogen) atoms. The Labute approximate surface area is 103 Å². The molecule has 1 fully saturated rings. The fourth-order valence-corrected chi connectivity index (χ4v) is 1.77. The molecule has 0 saturated heterocycles. The van der Waals surface area contributed by atoms with Gasteiger partial charge in [0.05, 0.1) is 16.7 Å². The van der Waals surface area contributed by atoms with Crippen LogP contribution in [-0.4, -0.2) is 33.8 Å². The number of anilines is 1. The number of carbonyl (C=O) groups is 1. The lowest BCUT2D eigenvalue weighted by atomic mass is 10.2. The molecule has 0 spiro atoms. The van der Waals surface area contributed by atoms with Crippen molar-refractivity contribution in [3.05, 3.63) is 22.8 Å². The van der Waals surface area contributed by atoms with Crippen molar-refractivity contribution >= 4 is 23.4 Å². The standard InChI is InChI=1S/C11H13ClN2O3/c12-8-3-7(11(16)17)4-13-10(8)14-5-9(15)6-1-2-6/h3-4,6,9,15H,1-2,5H2,(H,13,14)(H,16,17). The van der Waals surface area contributed by atoms with E-state index in [1.54, 1.807) is 0 Å². The Balaban J connectivity index is 1.98. The van der Waals surface area contributed by atoms with Gasteiger partial charge in [0.1, 0.15) is 5.82 Å². The van der Waals surface area contributed by atoms with Crippen LogP contribution in [-0.2, 0) is 0 Å². The van der Waals surface area contributed by atoms with Crippen molar-refractivity contribution in [1.29, 1.82) is 0 Å². The van der Waals surface area contributed by atoms with Crippen LogP contribution < -0.4 is 5.32 Å². The number of hydrogen-bond acceptors (Lipinski definition) is 4. The summed E-state index contributed by atoms with van der Waals surface area (Å²) in [7, 11) is 0. The average Bonchev–Trinajstić information content (AvgIpc) is 3.10. The summed E-state index contributed by atoms with van der Waals surface area (Å²) in [5.41, 5.74) is 0.0447.